The topological polar surface area (TPSA) is 77.1 Å². The normalized spacial score (nSPS) is 11.3. The zero-order valence-electron chi connectivity index (χ0n) is 16.7. The van der Waals surface area contributed by atoms with Crippen LogP contribution in [0.5, 0.6) is 0 Å². The van der Waals surface area contributed by atoms with Gasteiger partial charge in [-0.3, -0.25) is 14.2 Å². The van der Waals surface area contributed by atoms with E-state index in [1.165, 1.54) is 11.8 Å². The van der Waals surface area contributed by atoms with E-state index in [0.717, 1.165) is 22.4 Å². The van der Waals surface area contributed by atoms with Crippen LogP contribution in [0.4, 0.5) is 5.69 Å². The summed E-state index contributed by atoms with van der Waals surface area (Å²) in [5, 5.41) is 4.23. The predicted octanol–water partition coefficient (Wildman–Crippen LogP) is 5.01. The van der Waals surface area contributed by atoms with Crippen LogP contribution in [0.25, 0.3) is 22.1 Å². The van der Waals surface area contributed by atoms with Gasteiger partial charge in [0.2, 0.25) is 11.5 Å². The van der Waals surface area contributed by atoms with E-state index in [1.807, 2.05) is 61.7 Å². The molecule has 2 aromatic heterocycles. The van der Waals surface area contributed by atoms with Crippen molar-refractivity contribution in [1.29, 1.82) is 0 Å². The summed E-state index contributed by atoms with van der Waals surface area (Å²) in [6.45, 7) is 2.51. The van der Waals surface area contributed by atoms with Crippen LogP contribution in [0.3, 0.4) is 0 Å². The van der Waals surface area contributed by atoms with Gasteiger partial charge in [-0.05, 0) is 43.0 Å². The lowest BCUT2D eigenvalue weighted by atomic mass is 10.2. The molecule has 0 radical (unpaired) electrons. The van der Waals surface area contributed by atoms with E-state index in [2.05, 4.69) is 5.32 Å². The van der Waals surface area contributed by atoms with Gasteiger partial charge in [0.15, 0.2) is 5.16 Å². The number of thioether (sulfide) groups is 2. The van der Waals surface area contributed by atoms with Crippen molar-refractivity contribution in [1.82, 2.24) is 9.55 Å². The standard InChI is InChI=1S/C22H21N3O3S2/c1-3-11-25-21(27)20-19(16-9-4-5-10-17(16)28-20)24-22(25)30-13-18(26)23-14-7-6-8-15(12-14)29-2/h4-10,12H,3,11,13H2,1-2H3,(H,23,26). The summed E-state index contributed by atoms with van der Waals surface area (Å²) in [7, 11) is 0. The van der Waals surface area contributed by atoms with E-state index in [9.17, 15) is 9.59 Å². The first-order chi connectivity index (χ1) is 14.6. The number of hydrogen-bond acceptors (Lipinski definition) is 6. The Morgan fingerprint density at radius 2 is 2.03 bits per heavy atom. The summed E-state index contributed by atoms with van der Waals surface area (Å²) in [4.78, 5) is 31.3. The van der Waals surface area contributed by atoms with Crippen molar-refractivity contribution in [3.8, 4) is 0 Å². The Bertz CT molecular complexity index is 1280. The van der Waals surface area contributed by atoms with Crippen LogP contribution < -0.4 is 10.9 Å². The molecule has 30 heavy (non-hydrogen) atoms. The Morgan fingerprint density at radius 3 is 2.83 bits per heavy atom. The zero-order valence-corrected chi connectivity index (χ0v) is 18.3. The molecular weight excluding hydrogens is 418 g/mol. The fourth-order valence-corrected chi connectivity index (χ4v) is 4.49. The van der Waals surface area contributed by atoms with E-state index in [0.29, 0.717) is 22.8 Å². The molecule has 2 aromatic carbocycles. The number of amides is 1. The van der Waals surface area contributed by atoms with Gasteiger partial charge in [0.05, 0.1) is 5.75 Å². The van der Waals surface area contributed by atoms with Gasteiger partial charge >= 0.3 is 0 Å². The Labute approximate surface area is 182 Å². The number of nitrogens with zero attached hydrogens (tertiary/aromatic N) is 2. The first-order valence-corrected chi connectivity index (χ1v) is 11.8. The Balaban J connectivity index is 1.62. The van der Waals surface area contributed by atoms with Gasteiger partial charge in [-0.15, -0.1) is 11.8 Å². The second-order valence-electron chi connectivity index (χ2n) is 6.70. The van der Waals surface area contributed by atoms with Crippen LogP contribution in [0.15, 0.2) is 67.8 Å². The summed E-state index contributed by atoms with van der Waals surface area (Å²) in [6, 6.07) is 15.2. The molecular formula is C22H21N3O3S2. The molecule has 0 aliphatic rings. The third-order valence-corrected chi connectivity index (χ3v) is 6.28. The number of furan rings is 1. The van der Waals surface area contributed by atoms with Gasteiger partial charge in [0, 0.05) is 22.5 Å². The molecule has 0 aliphatic carbocycles. The molecule has 0 fully saturated rings. The van der Waals surface area contributed by atoms with E-state index in [1.54, 1.807) is 16.3 Å². The number of carbonyl (C=O) groups excluding carboxylic acids is 1. The lowest BCUT2D eigenvalue weighted by Gasteiger charge is -2.11. The second-order valence-corrected chi connectivity index (χ2v) is 8.52. The van der Waals surface area contributed by atoms with E-state index < -0.39 is 0 Å². The van der Waals surface area contributed by atoms with Gasteiger partial charge in [0.25, 0.3) is 5.56 Å². The molecule has 4 aromatic rings. The molecule has 0 saturated heterocycles. The molecule has 0 unspecified atom stereocenters. The van der Waals surface area contributed by atoms with Crippen LogP contribution in [0.2, 0.25) is 0 Å². The smallest absolute Gasteiger partial charge is 0.297 e. The van der Waals surface area contributed by atoms with Gasteiger partial charge in [-0.2, -0.15) is 0 Å². The van der Waals surface area contributed by atoms with E-state index in [-0.39, 0.29) is 22.8 Å². The predicted molar refractivity (Wildman–Crippen MR) is 124 cm³/mol. The number of para-hydroxylation sites is 1. The molecule has 0 aliphatic heterocycles. The molecule has 1 amide bonds. The van der Waals surface area contributed by atoms with Crippen LogP contribution in [0, 0.1) is 0 Å². The summed E-state index contributed by atoms with van der Waals surface area (Å²) >= 11 is 2.88. The molecule has 1 N–H and O–H groups in total. The summed E-state index contributed by atoms with van der Waals surface area (Å²) in [5.41, 5.74) is 1.97. The molecule has 0 atom stereocenters. The van der Waals surface area contributed by atoms with Crippen molar-refractivity contribution in [2.75, 3.05) is 17.3 Å². The van der Waals surface area contributed by atoms with Crippen molar-refractivity contribution in [3.05, 3.63) is 58.9 Å². The van der Waals surface area contributed by atoms with Crippen LogP contribution >= 0.6 is 23.5 Å². The maximum atomic E-state index is 13.0. The zero-order chi connectivity index (χ0) is 21.1. The fourth-order valence-electron chi connectivity index (χ4n) is 3.21. The molecule has 2 heterocycles. The van der Waals surface area contributed by atoms with Crippen LogP contribution in [-0.2, 0) is 11.3 Å². The molecule has 4 rings (SSSR count). The highest BCUT2D eigenvalue weighted by Crippen LogP contribution is 2.27. The van der Waals surface area contributed by atoms with E-state index >= 15 is 0 Å². The highest BCUT2D eigenvalue weighted by molar-refractivity contribution is 7.99. The average Bonchev–Trinajstić information content (AvgIpc) is 3.13. The van der Waals surface area contributed by atoms with Crippen molar-refractivity contribution in [2.24, 2.45) is 0 Å². The summed E-state index contributed by atoms with van der Waals surface area (Å²) in [6.07, 6.45) is 2.76. The number of hydrogen-bond donors (Lipinski definition) is 1. The van der Waals surface area contributed by atoms with Gasteiger partial charge in [0.1, 0.15) is 11.1 Å². The quantitative estimate of drug-likeness (QED) is 0.322. The first kappa shape index (κ1) is 20.6. The number of benzene rings is 2. The number of rotatable bonds is 7. The Kier molecular flexibility index (Phi) is 6.15. The molecule has 8 heteroatoms. The minimum absolute atomic E-state index is 0.146. The molecule has 154 valence electrons. The van der Waals surface area contributed by atoms with Gasteiger partial charge in [-0.25, -0.2) is 4.98 Å². The van der Waals surface area contributed by atoms with Crippen molar-refractivity contribution in [3.63, 3.8) is 0 Å². The number of aromatic nitrogens is 2. The van der Waals surface area contributed by atoms with Crippen molar-refractivity contribution in [2.45, 2.75) is 29.9 Å². The summed E-state index contributed by atoms with van der Waals surface area (Å²) in [5.74, 6) is 0.00806. The first-order valence-electron chi connectivity index (χ1n) is 9.59. The maximum Gasteiger partial charge on any atom is 0.297 e. The lowest BCUT2D eigenvalue weighted by molar-refractivity contribution is -0.113. The summed E-state index contributed by atoms with van der Waals surface area (Å²) < 4.78 is 7.36. The Hall–Kier alpha value is -2.71. The van der Waals surface area contributed by atoms with Crippen LogP contribution in [-0.4, -0.2) is 27.5 Å². The van der Waals surface area contributed by atoms with Gasteiger partial charge < -0.3 is 9.73 Å². The maximum absolute atomic E-state index is 13.0. The highest BCUT2D eigenvalue weighted by Gasteiger charge is 2.18. The number of anilines is 1. The number of fused-ring (bicyclic) bond motifs is 3. The second kappa shape index (κ2) is 8.97. The average molecular weight is 440 g/mol. The Morgan fingerprint density at radius 1 is 1.20 bits per heavy atom. The highest BCUT2D eigenvalue weighted by atomic mass is 32.2. The van der Waals surface area contributed by atoms with Crippen molar-refractivity contribution >= 4 is 57.2 Å². The third kappa shape index (κ3) is 4.11. The molecule has 0 bridgehead atoms. The SMILES string of the molecule is CCCn1c(SCC(=O)Nc2cccc(SC)c2)nc2c(oc3ccccc32)c1=O. The minimum Gasteiger partial charge on any atom is -0.448 e. The van der Waals surface area contributed by atoms with E-state index in [4.69, 9.17) is 9.40 Å². The number of nitrogens with one attached hydrogen (secondary N) is 1. The largest absolute Gasteiger partial charge is 0.448 e. The molecule has 0 spiro atoms. The minimum atomic E-state index is -0.214. The van der Waals surface area contributed by atoms with Gasteiger partial charge in [-0.1, -0.05) is 36.9 Å². The monoisotopic (exact) mass is 439 g/mol. The number of carbonyl (C=O) groups is 1. The fraction of sp³-hybridized carbons (Fsp3) is 0.227. The van der Waals surface area contributed by atoms with Crippen molar-refractivity contribution < 1.29 is 9.21 Å². The third-order valence-electron chi connectivity index (χ3n) is 4.58. The molecule has 6 nitrogen and oxygen atoms in total. The van der Waals surface area contributed by atoms with Crippen LogP contribution in [0.1, 0.15) is 13.3 Å². The lowest BCUT2D eigenvalue weighted by Crippen LogP contribution is -2.23. The molecule has 0 saturated carbocycles.